The summed E-state index contributed by atoms with van der Waals surface area (Å²) in [6, 6.07) is 0.868. The minimum Gasteiger partial charge on any atom is -0.373 e. The van der Waals surface area contributed by atoms with Crippen molar-refractivity contribution in [3.8, 4) is 0 Å². The summed E-state index contributed by atoms with van der Waals surface area (Å²) in [5.74, 6) is -3.60. The van der Waals surface area contributed by atoms with Gasteiger partial charge in [0.2, 0.25) is 0 Å². The van der Waals surface area contributed by atoms with Crippen LogP contribution in [0.1, 0.15) is 13.8 Å². The lowest BCUT2D eigenvalue weighted by atomic mass is 10.2. The quantitative estimate of drug-likeness (QED) is 0.887. The van der Waals surface area contributed by atoms with Crippen LogP contribution in [0.2, 0.25) is 0 Å². The highest BCUT2D eigenvalue weighted by Crippen LogP contribution is 2.24. The Bertz CT molecular complexity index is 418. The largest absolute Gasteiger partial charge is 0.373 e. The highest BCUT2D eigenvalue weighted by atomic mass is 19.1. The molecular formula is C12H14F3NO2. The van der Waals surface area contributed by atoms with E-state index in [4.69, 9.17) is 9.47 Å². The van der Waals surface area contributed by atoms with E-state index < -0.39 is 23.2 Å². The molecule has 1 N–H and O–H groups in total. The molecule has 3 nitrogen and oxygen atoms in total. The summed E-state index contributed by atoms with van der Waals surface area (Å²) in [7, 11) is 0. The molecule has 0 aromatic heterocycles. The van der Waals surface area contributed by atoms with Crippen molar-refractivity contribution in [2.75, 3.05) is 18.5 Å². The van der Waals surface area contributed by atoms with Gasteiger partial charge in [0.25, 0.3) is 0 Å². The molecule has 1 heterocycles. The molecule has 0 unspecified atom stereocenters. The summed E-state index contributed by atoms with van der Waals surface area (Å²) in [5.41, 5.74) is -0.367. The zero-order valence-electron chi connectivity index (χ0n) is 10.1. The van der Waals surface area contributed by atoms with Crippen LogP contribution in [0, 0.1) is 17.5 Å². The number of hydrogen-bond donors (Lipinski definition) is 1. The molecule has 0 radical (unpaired) electrons. The fraction of sp³-hybridized carbons (Fsp3) is 0.500. The van der Waals surface area contributed by atoms with Gasteiger partial charge in [-0.1, -0.05) is 0 Å². The molecule has 0 amide bonds. The van der Waals surface area contributed by atoms with E-state index in [1.165, 1.54) is 0 Å². The van der Waals surface area contributed by atoms with E-state index in [9.17, 15) is 13.2 Å². The van der Waals surface area contributed by atoms with Crippen LogP contribution in [0.4, 0.5) is 18.9 Å². The van der Waals surface area contributed by atoms with Crippen LogP contribution in [-0.4, -0.2) is 25.0 Å². The molecule has 1 aliphatic rings. The van der Waals surface area contributed by atoms with Crippen molar-refractivity contribution in [2.45, 2.75) is 25.7 Å². The maximum Gasteiger partial charge on any atom is 0.162 e. The van der Waals surface area contributed by atoms with Crippen molar-refractivity contribution < 1.29 is 22.6 Å². The van der Waals surface area contributed by atoms with Crippen molar-refractivity contribution in [1.82, 2.24) is 0 Å². The van der Waals surface area contributed by atoms with Gasteiger partial charge in [0.15, 0.2) is 17.4 Å². The van der Waals surface area contributed by atoms with E-state index in [2.05, 4.69) is 5.32 Å². The topological polar surface area (TPSA) is 30.5 Å². The van der Waals surface area contributed by atoms with Gasteiger partial charge in [-0.3, -0.25) is 0 Å². The van der Waals surface area contributed by atoms with Crippen LogP contribution in [0.25, 0.3) is 0 Å². The van der Waals surface area contributed by atoms with E-state index in [1.807, 2.05) is 0 Å². The number of nitrogens with one attached hydrogen (secondary N) is 1. The molecule has 1 saturated heterocycles. The van der Waals surface area contributed by atoms with Crippen LogP contribution < -0.4 is 5.32 Å². The predicted molar refractivity (Wildman–Crippen MR) is 59.7 cm³/mol. The lowest BCUT2D eigenvalue weighted by Crippen LogP contribution is -2.45. The molecule has 0 aliphatic carbocycles. The third kappa shape index (κ3) is 2.94. The van der Waals surface area contributed by atoms with E-state index in [0.717, 1.165) is 0 Å². The summed E-state index contributed by atoms with van der Waals surface area (Å²) in [5, 5.41) is 2.62. The first-order valence-corrected chi connectivity index (χ1v) is 5.56. The SMILES string of the molecule is CC1(C)OCC(Nc2c(F)cc(F)cc2F)CO1. The molecule has 1 aromatic rings. The van der Waals surface area contributed by atoms with Crippen molar-refractivity contribution in [3.63, 3.8) is 0 Å². The predicted octanol–water partition coefficient (Wildman–Crippen LogP) is 2.67. The maximum atomic E-state index is 13.4. The summed E-state index contributed by atoms with van der Waals surface area (Å²) >= 11 is 0. The molecule has 1 fully saturated rings. The highest BCUT2D eigenvalue weighted by molar-refractivity contribution is 5.47. The molecule has 18 heavy (non-hydrogen) atoms. The lowest BCUT2D eigenvalue weighted by Gasteiger charge is -2.35. The molecule has 1 aliphatic heterocycles. The lowest BCUT2D eigenvalue weighted by molar-refractivity contribution is -0.247. The Labute approximate surface area is 103 Å². The molecule has 2 rings (SSSR count). The van der Waals surface area contributed by atoms with Crippen molar-refractivity contribution in [2.24, 2.45) is 0 Å². The Morgan fingerprint density at radius 2 is 1.61 bits per heavy atom. The van der Waals surface area contributed by atoms with E-state index in [0.29, 0.717) is 12.1 Å². The molecular weight excluding hydrogens is 247 g/mol. The highest BCUT2D eigenvalue weighted by Gasteiger charge is 2.29. The van der Waals surface area contributed by atoms with Crippen molar-refractivity contribution in [1.29, 1.82) is 0 Å². The molecule has 0 saturated carbocycles. The number of anilines is 1. The van der Waals surface area contributed by atoms with Gasteiger partial charge >= 0.3 is 0 Å². The van der Waals surface area contributed by atoms with Gasteiger partial charge in [-0.05, 0) is 13.8 Å². The van der Waals surface area contributed by atoms with Crippen LogP contribution >= 0.6 is 0 Å². The van der Waals surface area contributed by atoms with Gasteiger partial charge in [-0.25, -0.2) is 13.2 Å². The van der Waals surface area contributed by atoms with Crippen LogP contribution in [-0.2, 0) is 9.47 Å². The summed E-state index contributed by atoms with van der Waals surface area (Å²) in [6.45, 7) is 4.01. The van der Waals surface area contributed by atoms with Crippen LogP contribution in [0.3, 0.4) is 0 Å². The third-order valence-corrected chi connectivity index (χ3v) is 2.62. The molecule has 0 spiro atoms. The standard InChI is InChI=1S/C12H14F3NO2/c1-12(2)17-5-8(6-18-12)16-11-9(14)3-7(13)4-10(11)15/h3-4,8,16H,5-6H2,1-2H3. The molecule has 6 heteroatoms. The normalized spacial score (nSPS) is 19.8. The second-order valence-corrected chi connectivity index (χ2v) is 4.61. The molecule has 0 atom stereocenters. The monoisotopic (exact) mass is 261 g/mol. The van der Waals surface area contributed by atoms with Gasteiger partial charge in [0, 0.05) is 12.1 Å². The summed E-state index contributed by atoms with van der Waals surface area (Å²) < 4.78 is 50.2. The van der Waals surface area contributed by atoms with E-state index >= 15 is 0 Å². The Hall–Kier alpha value is -1.27. The minimum absolute atomic E-state index is 0.253. The fourth-order valence-corrected chi connectivity index (χ4v) is 1.66. The minimum atomic E-state index is -0.975. The average Bonchev–Trinajstić information content (AvgIpc) is 2.25. The number of rotatable bonds is 2. The summed E-state index contributed by atoms with van der Waals surface area (Å²) in [6.07, 6.45) is 0. The zero-order chi connectivity index (χ0) is 13.3. The number of halogens is 3. The third-order valence-electron chi connectivity index (χ3n) is 2.62. The molecule has 100 valence electrons. The number of hydrogen-bond acceptors (Lipinski definition) is 3. The smallest absolute Gasteiger partial charge is 0.162 e. The van der Waals surface area contributed by atoms with Crippen molar-refractivity contribution in [3.05, 3.63) is 29.6 Å². The van der Waals surface area contributed by atoms with Gasteiger partial charge < -0.3 is 14.8 Å². The average molecular weight is 261 g/mol. The Kier molecular flexibility index (Phi) is 3.49. The fourth-order valence-electron chi connectivity index (χ4n) is 1.66. The second-order valence-electron chi connectivity index (χ2n) is 4.61. The first kappa shape index (κ1) is 13.2. The first-order chi connectivity index (χ1) is 8.37. The van der Waals surface area contributed by atoms with Gasteiger partial charge in [0.05, 0.1) is 19.3 Å². The number of benzene rings is 1. The van der Waals surface area contributed by atoms with Crippen LogP contribution in [0.5, 0.6) is 0 Å². The summed E-state index contributed by atoms with van der Waals surface area (Å²) in [4.78, 5) is 0. The van der Waals surface area contributed by atoms with Gasteiger partial charge in [-0.2, -0.15) is 0 Å². The van der Waals surface area contributed by atoms with Crippen LogP contribution in [0.15, 0.2) is 12.1 Å². The molecule has 1 aromatic carbocycles. The Balaban J connectivity index is 2.07. The van der Waals surface area contributed by atoms with E-state index in [1.54, 1.807) is 13.8 Å². The maximum absolute atomic E-state index is 13.4. The van der Waals surface area contributed by atoms with Crippen molar-refractivity contribution >= 4 is 5.69 Å². The van der Waals surface area contributed by atoms with E-state index in [-0.39, 0.29) is 24.9 Å². The number of ether oxygens (including phenoxy) is 2. The van der Waals surface area contributed by atoms with Gasteiger partial charge in [0.1, 0.15) is 11.5 Å². The Morgan fingerprint density at radius 3 is 2.11 bits per heavy atom. The van der Waals surface area contributed by atoms with Gasteiger partial charge in [-0.15, -0.1) is 0 Å². The second kappa shape index (κ2) is 4.78. The first-order valence-electron chi connectivity index (χ1n) is 5.56. The Morgan fingerprint density at radius 1 is 1.11 bits per heavy atom. The molecule has 0 bridgehead atoms. The zero-order valence-corrected chi connectivity index (χ0v) is 10.1.